The van der Waals surface area contributed by atoms with Gasteiger partial charge in [-0.1, -0.05) is 45.0 Å². The number of aliphatic hydroxyl groups is 1. The van der Waals surface area contributed by atoms with Gasteiger partial charge in [0.05, 0.1) is 11.6 Å². The summed E-state index contributed by atoms with van der Waals surface area (Å²) in [6, 6.07) is 9.92. The summed E-state index contributed by atoms with van der Waals surface area (Å²) < 4.78 is 0. The fraction of sp³-hybridized carbons (Fsp3) is 0.400. The van der Waals surface area contributed by atoms with Crippen LogP contribution in [0.4, 0.5) is 0 Å². The third-order valence-electron chi connectivity index (χ3n) is 3.61. The van der Waals surface area contributed by atoms with E-state index >= 15 is 0 Å². The van der Waals surface area contributed by atoms with Crippen LogP contribution in [0.3, 0.4) is 0 Å². The maximum atomic E-state index is 10.5. The zero-order chi connectivity index (χ0) is 12.5. The van der Waals surface area contributed by atoms with Crippen molar-refractivity contribution in [1.82, 2.24) is 4.98 Å². The zero-order valence-electron chi connectivity index (χ0n) is 10.6. The van der Waals surface area contributed by atoms with Crippen LogP contribution in [0.1, 0.15) is 38.9 Å². The van der Waals surface area contributed by atoms with Crippen molar-refractivity contribution in [3.05, 3.63) is 42.1 Å². The van der Waals surface area contributed by atoms with E-state index in [1.54, 1.807) is 6.20 Å². The van der Waals surface area contributed by atoms with Crippen LogP contribution in [0.5, 0.6) is 0 Å². The molecule has 1 unspecified atom stereocenters. The van der Waals surface area contributed by atoms with Gasteiger partial charge in [-0.2, -0.15) is 0 Å². The first-order valence-electron chi connectivity index (χ1n) is 6.08. The van der Waals surface area contributed by atoms with Crippen molar-refractivity contribution in [3.63, 3.8) is 0 Å². The Labute approximate surface area is 102 Å². The van der Waals surface area contributed by atoms with Crippen LogP contribution in [-0.4, -0.2) is 10.1 Å². The SMILES string of the molecule is CCC(C)(C)C(O)c1cccc2cccnc12. The maximum absolute atomic E-state index is 10.5. The topological polar surface area (TPSA) is 33.1 Å². The van der Waals surface area contributed by atoms with Gasteiger partial charge in [0, 0.05) is 17.1 Å². The first-order chi connectivity index (χ1) is 8.06. The van der Waals surface area contributed by atoms with E-state index in [2.05, 4.69) is 25.8 Å². The molecule has 0 fully saturated rings. The third kappa shape index (κ3) is 2.18. The highest BCUT2D eigenvalue weighted by Gasteiger charge is 2.28. The molecule has 2 nitrogen and oxygen atoms in total. The van der Waals surface area contributed by atoms with Crippen LogP contribution in [0, 0.1) is 5.41 Å². The molecule has 1 aromatic carbocycles. The van der Waals surface area contributed by atoms with Gasteiger partial charge in [-0.05, 0) is 17.9 Å². The average Bonchev–Trinajstić information content (AvgIpc) is 2.37. The van der Waals surface area contributed by atoms with E-state index in [0.29, 0.717) is 0 Å². The summed E-state index contributed by atoms with van der Waals surface area (Å²) in [5.74, 6) is 0. The van der Waals surface area contributed by atoms with E-state index in [0.717, 1.165) is 22.9 Å². The second kappa shape index (κ2) is 4.46. The highest BCUT2D eigenvalue weighted by molar-refractivity contribution is 5.81. The third-order valence-corrected chi connectivity index (χ3v) is 3.61. The molecule has 1 heterocycles. The van der Waals surface area contributed by atoms with E-state index in [4.69, 9.17) is 0 Å². The number of benzene rings is 1. The Morgan fingerprint density at radius 3 is 2.65 bits per heavy atom. The predicted molar refractivity (Wildman–Crippen MR) is 70.8 cm³/mol. The highest BCUT2D eigenvalue weighted by atomic mass is 16.3. The number of rotatable bonds is 3. The highest BCUT2D eigenvalue weighted by Crippen LogP contribution is 2.38. The molecule has 0 amide bonds. The van der Waals surface area contributed by atoms with Crippen molar-refractivity contribution >= 4 is 10.9 Å². The number of fused-ring (bicyclic) bond motifs is 1. The van der Waals surface area contributed by atoms with Gasteiger partial charge >= 0.3 is 0 Å². The Bertz CT molecular complexity index is 514. The van der Waals surface area contributed by atoms with E-state index in [1.165, 1.54) is 0 Å². The molecule has 0 saturated carbocycles. The Kier molecular flexibility index (Phi) is 3.16. The molecule has 2 heteroatoms. The number of hydrogen-bond acceptors (Lipinski definition) is 2. The van der Waals surface area contributed by atoms with Crippen molar-refractivity contribution in [2.45, 2.75) is 33.3 Å². The van der Waals surface area contributed by atoms with Crippen molar-refractivity contribution in [2.75, 3.05) is 0 Å². The van der Waals surface area contributed by atoms with Gasteiger partial charge < -0.3 is 5.11 Å². The molecule has 0 aliphatic carbocycles. The van der Waals surface area contributed by atoms with Gasteiger partial charge in [-0.3, -0.25) is 4.98 Å². The normalized spacial score (nSPS) is 13.9. The van der Waals surface area contributed by atoms with Gasteiger partial charge in [0.1, 0.15) is 0 Å². The Morgan fingerprint density at radius 1 is 1.24 bits per heavy atom. The molecule has 90 valence electrons. The quantitative estimate of drug-likeness (QED) is 0.870. The summed E-state index contributed by atoms with van der Waals surface area (Å²) in [4.78, 5) is 4.39. The average molecular weight is 229 g/mol. The molecular weight excluding hydrogens is 210 g/mol. The summed E-state index contributed by atoms with van der Waals surface area (Å²) in [7, 11) is 0. The summed E-state index contributed by atoms with van der Waals surface area (Å²) in [6.07, 6.45) is 2.22. The van der Waals surface area contributed by atoms with Gasteiger partial charge in [-0.15, -0.1) is 0 Å². The van der Waals surface area contributed by atoms with Gasteiger partial charge in [0.15, 0.2) is 0 Å². The molecular formula is C15H19NO. The van der Waals surface area contributed by atoms with Crippen molar-refractivity contribution < 1.29 is 5.11 Å². The molecule has 2 rings (SSSR count). The number of hydrogen-bond donors (Lipinski definition) is 1. The van der Waals surface area contributed by atoms with Crippen molar-refractivity contribution in [2.24, 2.45) is 5.41 Å². The molecule has 2 aromatic rings. The first-order valence-corrected chi connectivity index (χ1v) is 6.08. The summed E-state index contributed by atoms with van der Waals surface area (Å²) in [5, 5.41) is 11.6. The predicted octanol–water partition coefficient (Wildman–Crippen LogP) is 3.70. The lowest BCUT2D eigenvalue weighted by atomic mass is 9.80. The standard InChI is InChI=1S/C15H19NO/c1-4-15(2,3)14(17)12-9-5-7-11-8-6-10-16-13(11)12/h5-10,14,17H,4H2,1-3H3. The van der Waals surface area contributed by atoms with Crippen molar-refractivity contribution in [3.8, 4) is 0 Å². The van der Waals surface area contributed by atoms with Crippen LogP contribution < -0.4 is 0 Å². The number of aromatic nitrogens is 1. The first kappa shape index (κ1) is 12.1. The second-order valence-electron chi connectivity index (χ2n) is 5.17. The maximum Gasteiger partial charge on any atom is 0.0861 e. The summed E-state index contributed by atoms with van der Waals surface area (Å²) >= 11 is 0. The summed E-state index contributed by atoms with van der Waals surface area (Å²) in [5.41, 5.74) is 1.70. The molecule has 17 heavy (non-hydrogen) atoms. The number of nitrogens with zero attached hydrogens (tertiary/aromatic N) is 1. The lowest BCUT2D eigenvalue weighted by Crippen LogP contribution is -2.21. The van der Waals surface area contributed by atoms with E-state index in [-0.39, 0.29) is 5.41 Å². The molecule has 0 aliphatic heterocycles. The smallest absolute Gasteiger partial charge is 0.0861 e. The van der Waals surface area contributed by atoms with E-state index in [1.807, 2.05) is 30.3 Å². The minimum atomic E-state index is -0.480. The molecule has 1 atom stereocenters. The van der Waals surface area contributed by atoms with Gasteiger partial charge in [0.2, 0.25) is 0 Å². The molecule has 1 N–H and O–H groups in total. The molecule has 0 saturated heterocycles. The van der Waals surface area contributed by atoms with Crippen LogP contribution in [-0.2, 0) is 0 Å². The van der Waals surface area contributed by atoms with Crippen LogP contribution >= 0.6 is 0 Å². The number of pyridine rings is 1. The number of para-hydroxylation sites is 1. The molecule has 0 radical (unpaired) electrons. The Balaban J connectivity index is 2.56. The van der Waals surface area contributed by atoms with Crippen LogP contribution in [0.25, 0.3) is 10.9 Å². The van der Waals surface area contributed by atoms with Gasteiger partial charge in [0.25, 0.3) is 0 Å². The van der Waals surface area contributed by atoms with E-state index < -0.39 is 6.10 Å². The van der Waals surface area contributed by atoms with Crippen LogP contribution in [0.2, 0.25) is 0 Å². The second-order valence-corrected chi connectivity index (χ2v) is 5.17. The molecule has 0 spiro atoms. The Hall–Kier alpha value is -1.41. The van der Waals surface area contributed by atoms with Crippen LogP contribution in [0.15, 0.2) is 36.5 Å². The van der Waals surface area contributed by atoms with E-state index in [9.17, 15) is 5.11 Å². The lowest BCUT2D eigenvalue weighted by Gasteiger charge is -2.30. The lowest BCUT2D eigenvalue weighted by molar-refractivity contribution is 0.0476. The molecule has 1 aromatic heterocycles. The van der Waals surface area contributed by atoms with Gasteiger partial charge in [-0.25, -0.2) is 0 Å². The number of aliphatic hydroxyl groups excluding tert-OH is 1. The largest absolute Gasteiger partial charge is 0.388 e. The minimum Gasteiger partial charge on any atom is -0.388 e. The zero-order valence-corrected chi connectivity index (χ0v) is 10.6. The monoisotopic (exact) mass is 229 g/mol. The molecule has 0 aliphatic rings. The fourth-order valence-corrected chi connectivity index (χ4v) is 1.96. The Morgan fingerprint density at radius 2 is 1.94 bits per heavy atom. The molecule has 0 bridgehead atoms. The van der Waals surface area contributed by atoms with Crippen molar-refractivity contribution in [1.29, 1.82) is 0 Å². The summed E-state index contributed by atoms with van der Waals surface area (Å²) in [6.45, 7) is 6.26. The minimum absolute atomic E-state index is 0.133. The fourth-order valence-electron chi connectivity index (χ4n) is 1.96.